The van der Waals surface area contributed by atoms with E-state index in [0.717, 1.165) is 29.5 Å². The van der Waals surface area contributed by atoms with Gasteiger partial charge in [0.2, 0.25) is 11.8 Å². The molecule has 1 saturated carbocycles. The Bertz CT molecular complexity index is 1190. The summed E-state index contributed by atoms with van der Waals surface area (Å²) in [6, 6.07) is 14.8. The highest BCUT2D eigenvalue weighted by molar-refractivity contribution is 6.07. The summed E-state index contributed by atoms with van der Waals surface area (Å²) in [6.07, 6.45) is 2.53. The van der Waals surface area contributed by atoms with Crippen molar-refractivity contribution in [3.05, 3.63) is 65.2 Å². The van der Waals surface area contributed by atoms with E-state index in [4.69, 9.17) is 0 Å². The van der Waals surface area contributed by atoms with Crippen LogP contribution < -0.4 is 10.6 Å². The molecular formula is C26H28N4O4. The fourth-order valence-corrected chi connectivity index (χ4v) is 4.94. The Labute approximate surface area is 198 Å². The van der Waals surface area contributed by atoms with Crippen molar-refractivity contribution in [2.75, 3.05) is 18.9 Å². The van der Waals surface area contributed by atoms with Crippen LogP contribution in [0.15, 0.2) is 48.5 Å². The van der Waals surface area contributed by atoms with Crippen molar-refractivity contribution in [2.45, 2.75) is 44.7 Å². The zero-order valence-corrected chi connectivity index (χ0v) is 19.4. The summed E-state index contributed by atoms with van der Waals surface area (Å²) in [7, 11) is 1.63. The van der Waals surface area contributed by atoms with E-state index in [1.54, 1.807) is 18.0 Å². The molecule has 176 valence electrons. The number of amides is 5. The van der Waals surface area contributed by atoms with Gasteiger partial charge in [0.05, 0.1) is 0 Å². The summed E-state index contributed by atoms with van der Waals surface area (Å²) >= 11 is 0. The Hall–Kier alpha value is -3.68. The zero-order chi connectivity index (χ0) is 24.1. The summed E-state index contributed by atoms with van der Waals surface area (Å²) in [5.74, 6) is -0.556. The van der Waals surface area contributed by atoms with Crippen LogP contribution in [0, 0.1) is 5.41 Å². The van der Waals surface area contributed by atoms with Crippen LogP contribution in [0.1, 0.15) is 36.5 Å². The zero-order valence-electron chi connectivity index (χ0n) is 19.4. The molecule has 1 saturated heterocycles. The molecule has 1 unspecified atom stereocenters. The number of anilines is 1. The standard InChI is InChI=1S/C26H28N4O4/c1-25(10-11-25)23(33)30(15-17-6-4-3-5-7-17)16-21(31)27-20-9-8-18-13-26(14-19(18)12-20)22(32)28-24(34)29(26)2/h3-9,12H,10-11,13-16H2,1-2H3,(H,27,31)(H,28,32,34). The van der Waals surface area contributed by atoms with E-state index in [1.807, 2.05) is 49.4 Å². The highest BCUT2D eigenvalue weighted by Crippen LogP contribution is 2.46. The molecule has 0 bridgehead atoms. The minimum Gasteiger partial charge on any atom is -0.329 e. The number of rotatable bonds is 6. The van der Waals surface area contributed by atoms with E-state index in [0.29, 0.717) is 25.1 Å². The Morgan fingerprint density at radius 1 is 1.06 bits per heavy atom. The SMILES string of the molecule is CN1C(=O)NC(=O)C12Cc1ccc(NC(=O)CN(Cc3ccccc3)C(=O)C3(C)CC3)cc1C2. The van der Waals surface area contributed by atoms with Gasteiger partial charge in [0.25, 0.3) is 5.91 Å². The topological polar surface area (TPSA) is 98.8 Å². The Balaban J connectivity index is 1.29. The molecule has 0 radical (unpaired) electrons. The molecule has 2 N–H and O–H groups in total. The molecule has 5 amide bonds. The molecule has 2 aliphatic carbocycles. The van der Waals surface area contributed by atoms with Gasteiger partial charge >= 0.3 is 6.03 Å². The number of carbonyl (C=O) groups is 4. The molecule has 1 heterocycles. The number of hydrogen-bond donors (Lipinski definition) is 2. The maximum Gasteiger partial charge on any atom is 0.324 e. The van der Waals surface area contributed by atoms with Crippen LogP contribution in [0.5, 0.6) is 0 Å². The molecule has 8 nitrogen and oxygen atoms in total. The molecule has 1 spiro atoms. The molecule has 0 aromatic heterocycles. The Morgan fingerprint density at radius 3 is 2.41 bits per heavy atom. The van der Waals surface area contributed by atoms with E-state index in [2.05, 4.69) is 10.6 Å². The predicted octanol–water partition coefficient (Wildman–Crippen LogP) is 2.47. The van der Waals surface area contributed by atoms with Gasteiger partial charge < -0.3 is 15.1 Å². The van der Waals surface area contributed by atoms with Gasteiger partial charge in [-0.05, 0) is 41.7 Å². The molecule has 3 aliphatic rings. The highest BCUT2D eigenvalue weighted by Gasteiger charge is 2.54. The van der Waals surface area contributed by atoms with Gasteiger partial charge in [0.15, 0.2) is 0 Å². The summed E-state index contributed by atoms with van der Waals surface area (Å²) in [6.45, 7) is 2.29. The summed E-state index contributed by atoms with van der Waals surface area (Å²) in [4.78, 5) is 53.6. The van der Waals surface area contributed by atoms with Gasteiger partial charge in [-0.15, -0.1) is 0 Å². The number of imide groups is 1. The third-order valence-corrected chi connectivity index (χ3v) is 7.40. The van der Waals surface area contributed by atoms with Crippen molar-refractivity contribution in [2.24, 2.45) is 5.41 Å². The number of likely N-dealkylation sites (N-methyl/N-ethyl adjacent to an activating group) is 1. The third-order valence-electron chi connectivity index (χ3n) is 7.40. The molecule has 8 heteroatoms. The molecular weight excluding hydrogens is 432 g/mol. The van der Waals surface area contributed by atoms with E-state index >= 15 is 0 Å². The van der Waals surface area contributed by atoms with Crippen molar-refractivity contribution >= 4 is 29.4 Å². The second-order valence-corrected chi connectivity index (χ2v) is 9.94. The third kappa shape index (κ3) is 3.83. The van der Waals surface area contributed by atoms with Gasteiger partial charge in [-0.25, -0.2) is 4.79 Å². The van der Waals surface area contributed by atoms with Gasteiger partial charge in [0.1, 0.15) is 12.1 Å². The number of fused-ring (bicyclic) bond motifs is 1. The minimum absolute atomic E-state index is 0.00217. The quantitative estimate of drug-likeness (QED) is 0.647. The van der Waals surface area contributed by atoms with Crippen LogP contribution in [0.2, 0.25) is 0 Å². The molecule has 1 atom stereocenters. The molecule has 5 rings (SSSR count). The number of benzene rings is 2. The van der Waals surface area contributed by atoms with Gasteiger partial charge in [0, 0.05) is 37.5 Å². The van der Waals surface area contributed by atoms with E-state index in [1.165, 1.54) is 4.90 Å². The number of nitrogens with zero attached hydrogens (tertiary/aromatic N) is 2. The summed E-state index contributed by atoms with van der Waals surface area (Å²) in [5, 5.41) is 5.30. The van der Waals surface area contributed by atoms with Gasteiger partial charge in [-0.2, -0.15) is 0 Å². The summed E-state index contributed by atoms with van der Waals surface area (Å²) in [5.41, 5.74) is 2.22. The first kappa shape index (κ1) is 22.1. The largest absolute Gasteiger partial charge is 0.329 e. The Morgan fingerprint density at radius 2 is 1.76 bits per heavy atom. The second-order valence-electron chi connectivity index (χ2n) is 9.94. The number of urea groups is 1. The van der Waals surface area contributed by atoms with E-state index in [9.17, 15) is 19.2 Å². The van der Waals surface area contributed by atoms with E-state index < -0.39 is 5.54 Å². The molecule has 1 aliphatic heterocycles. The highest BCUT2D eigenvalue weighted by atomic mass is 16.2. The second kappa shape index (κ2) is 7.97. The van der Waals surface area contributed by atoms with E-state index in [-0.39, 0.29) is 35.7 Å². The van der Waals surface area contributed by atoms with Crippen LogP contribution in [-0.2, 0) is 33.8 Å². The molecule has 2 fully saturated rings. The maximum absolute atomic E-state index is 13.1. The molecule has 2 aromatic rings. The van der Waals surface area contributed by atoms with Crippen LogP contribution in [-0.4, -0.2) is 52.7 Å². The fraction of sp³-hybridized carbons (Fsp3) is 0.385. The van der Waals surface area contributed by atoms with Crippen molar-refractivity contribution in [3.8, 4) is 0 Å². The number of nitrogens with one attached hydrogen (secondary N) is 2. The van der Waals surface area contributed by atoms with Gasteiger partial charge in [-0.3, -0.25) is 19.7 Å². The molecule has 34 heavy (non-hydrogen) atoms. The first-order valence-corrected chi connectivity index (χ1v) is 11.5. The average molecular weight is 461 g/mol. The fourth-order valence-electron chi connectivity index (χ4n) is 4.94. The van der Waals surface area contributed by atoms with Crippen LogP contribution in [0.25, 0.3) is 0 Å². The lowest BCUT2D eigenvalue weighted by molar-refractivity contribution is -0.139. The average Bonchev–Trinajstić information content (AvgIpc) is 3.39. The lowest BCUT2D eigenvalue weighted by Gasteiger charge is -2.27. The number of carbonyl (C=O) groups excluding carboxylic acids is 4. The van der Waals surface area contributed by atoms with Crippen LogP contribution in [0.4, 0.5) is 10.5 Å². The van der Waals surface area contributed by atoms with Crippen molar-refractivity contribution in [3.63, 3.8) is 0 Å². The normalized spacial score (nSPS) is 21.9. The minimum atomic E-state index is -0.902. The van der Waals surface area contributed by atoms with Crippen LogP contribution >= 0.6 is 0 Å². The van der Waals surface area contributed by atoms with Crippen molar-refractivity contribution in [1.29, 1.82) is 0 Å². The lowest BCUT2D eigenvalue weighted by atomic mass is 9.95. The lowest BCUT2D eigenvalue weighted by Crippen LogP contribution is -2.48. The Kier molecular flexibility index (Phi) is 5.19. The van der Waals surface area contributed by atoms with Crippen molar-refractivity contribution < 1.29 is 19.2 Å². The smallest absolute Gasteiger partial charge is 0.324 e. The first-order valence-electron chi connectivity index (χ1n) is 11.5. The summed E-state index contributed by atoms with van der Waals surface area (Å²) < 4.78 is 0. The monoisotopic (exact) mass is 460 g/mol. The van der Waals surface area contributed by atoms with Gasteiger partial charge in [-0.1, -0.05) is 43.3 Å². The predicted molar refractivity (Wildman–Crippen MR) is 126 cm³/mol. The molecule has 2 aromatic carbocycles. The van der Waals surface area contributed by atoms with Crippen molar-refractivity contribution in [1.82, 2.24) is 15.1 Å². The number of hydrogen-bond acceptors (Lipinski definition) is 4. The van der Waals surface area contributed by atoms with Crippen LogP contribution in [0.3, 0.4) is 0 Å². The maximum atomic E-state index is 13.1. The first-order chi connectivity index (χ1) is 16.2.